The zero-order chi connectivity index (χ0) is 16.4. The third-order valence-corrected chi connectivity index (χ3v) is 4.95. The Kier molecular flexibility index (Phi) is 5.14. The molecular weight excluding hydrogens is 292 g/mol. The Labute approximate surface area is 125 Å². The Bertz CT molecular complexity index is 633. The maximum atomic E-state index is 12.6. The van der Waals surface area contributed by atoms with Crippen LogP contribution < -0.4 is 5.73 Å². The van der Waals surface area contributed by atoms with Crippen molar-refractivity contribution in [1.29, 1.82) is 0 Å². The standard InChI is InChI=1S/C14H22N2O4S/c1-5-16(9-14(3,4)18)21(19,20)11-7-6-10(2)12(8-11)13(15)17/h6-8,18H,5,9H2,1-4H3,(H2,15,17). The highest BCUT2D eigenvalue weighted by atomic mass is 32.2. The number of hydrogen-bond acceptors (Lipinski definition) is 4. The number of amides is 1. The van der Waals surface area contributed by atoms with E-state index >= 15 is 0 Å². The largest absolute Gasteiger partial charge is 0.389 e. The molecule has 0 atom stereocenters. The molecule has 0 saturated carbocycles. The van der Waals surface area contributed by atoms with Gasteiger partial charge in [0.1, 0.15) is 0 Å². The van der Waals surface area contributed by atoms with Crippen LogP contribution in [0.15, 0.2) is 23.1 Å². The van der Waals surface area contributed by atoms with E-state index in [9.17, 15) is 18.3 Å². The van der Waals surface area contributed by atoms with E-state index < -0.39 is 21.5 Å². The van der Waals surface area contributed by atoms with E-state index in [1.807, 2.05) is 0 Å². The van der Waals surface area contributed by atoms with Crippen LogP contribution >= 0.6 is 0 Å². The number of nitrogens with zero attached hydrogens (tertiary/aromatic N) is 1. The number of benzene rings is 1. The Morgan fingerprint density at radius 2 is 1.95 bits per heavy atom. The van der Waals surface area contributed by atoms with Crippen LogP contribution in [0.1, 0.15) is 36.7 Å². The van der Waals surface area contributed by atoms with Gasteiger partial charge >= 0.3 is 0 Å². The molecular formula is C14H22N2O4S. The van der Waals surface area contributed by atoms with Crippen LogP contribution in [0.25, 0.3) is 0 Å². The summed E-state index contributed by atoms with van der Waals surface area (Å²) in [6.07, 6.45) is 0. The maximum absolute atomic E-state index is 12.6. The number of hydrogen-bond donors (Lipinski definition) is 2. The molecule has 3 N–H and O–H groups in total. The average Bonchev–Trinajstić information content (AvgIpc) is 2.34. The molecule has 0 unspecified atom stereocenters. The van der Waals surface area contributed by atoms with E-state index in [0.29, 0.717) is 5.56 Å². The molecule has 0 spiro atoms. The third kappa shape index (κ3) is 4.26. The number of rotatable bonds is 6. The first-order valence-corrected chi connectivity index (χ1v) is 8.06. The number of carbonyl (C=O) groups excluding carboxylic acids is 1. The number of nitrogens with two attached hydrogens (primary N) is 1. The zero-order valence-electron chi connectivity index (χ0n) is 12.8. The van der Waals surface area contributed by atoms with E-state index in [2.05, 4.69) is 0 Å². The summed E-state index contributed by atoms with van der Waals surface area (Å²) in [5.41, 5.74) is 4.89. The summed E-state index contributed by atoms with van der Waals surface area (Å²) < 4.78 is 26.3. The van der Waals surface area contributed by atoms with Crippen molar-refractivity contribution in [2.45, 2.75) is 38.2 Å². The monoisotopic (exact) mass is 314 g/mol. The summed E-state index contributed by atoms with van der Waals surface area (Å²) in [4.78, 5) is 11.3. The second kappa shape index (κ2) is 6.13. The maximum Gasteiger partial charge on any atom is 0.249 e. The van der Waals surface area contributed by atoms with Gasteiger partial charge in [-0.1, -0.05) is 13.0 Å². The molecule has 0 radical (unpaired) electrons. The predicted molar refractivity (Wildman–Crippen MR) is 80.4 cm³/mol. The average molecular weight is 314 g/mol. The van der Waals surface area contributed by atoms with Gasteiger partial charge in [-0.2, -0.15) is 4.31 Å². The molecule has 0 aromatic heterocycles. The molecule has 0 aliphatic carbocycles. The van der Waals surface area contributed by atoms with Crippen molar-refractivity contribution in [3.05, 3.63) is 29.3 Å². The number of aryl methyl sites for hydroxylation is 1. The molecule has 21 heavy (non-hydrogen) atoms. The van der Waals surface area contributed by atoms with Gasteiger partial charge in [0.25, 0.3) is 0 Å². The van der Waals surface area contributed by atoms with Crippen LogP contribution in [-0.2, 0) is 10.0 Å². The fourth-order valence-corrected chi connectivity index (χ4v) is 3.61. The molecule has 0 fully saturated rings. The van der Waals surface area contributed by atoms with Gasteiger partial charge in [-0.3, -0.25) is 4.79 Å². The van der Waals surface area contributed by atoms with Crippen molar-refractivity contribution in [3.8, 4) is 0 Å². The molecule has 1 rings (SSSR count). The Hall–Kier alpha value is -1.44. The van der Waals surface area contributed by atoms with Crippen LogP contribution in [0.4, 0.5) is 0 Å². The minimum Gasteiger partial charge on any atom is -0.389 e. The van der Waals surface area contributed by atoms with Gasteiger partial charge in [-0.25, -0.2) is 8.42 Å². The van der Waals surface area contributed by atoms with E-state index in [0.717, 1.165) is 0 Å². The Morgan fingerprint density at radius 1 is 1.38 bits per heavy atom. The number of aliphatic hydroxyl groups is 1. The van der Waals surface area contributed by atoms with Crippen LogP contribution in [0.2, 0.25) is 0 Å². The molecule has 1 aromatic rings. The molecule has 0 heterocycles. The highest BCUT2D eigenvalue weighted by molar-refractivity contribution is 7.89. The number of likely N-dealkylation sites (N-methyl/N-ethyl adjacent to an activating group) is 1. The van der Waals surface area contributed by atoms with E-state index in [1.54, 1.807) is 19.9 Å². The fourth-order valence-electron chi connectivity index (χ4n) is 1.97. The molecule has 0 aliphatic rings. The second-order valence-electron chi connectivity index (χ2n) is 5.58. The lowest BCUT2D eigenvalue weighted by Crippen LogP contribution is -2.42. The van der Waals surface area contributed by atoms with Crippen molar-refractivity contribution in [2.75, 3.05) is 13.1 Å². The molecule has 0 saturated heterocycles. The van der Waals surface area contributed by atoms with Crippen molar-refractivity contribution < 1.29 is 18.3 Å². The molecule has 1 aromatic carbocycles. The van der Waals surface area contributed by atoms with Gasteiger partial charge in [-0.05, 0) is 38.5 Å². The SMILES string of the molecule is CCN(CC(C)(C)O)S(=O)(=O)c1ccc(C)c(C(N)=O)c1. The number of primary amides is 1. The number of sulfonamides is 1. The highest BCUT2D eigenvalue weighted by Gasteiger charge is 2.29. The van der Waals surface area contributed by atoms with Crippen LogP contribution in [0.3, 0.4) is 0 Å². The van der Waals surface area contributed by atoms with Crippen LogP contribution in [-0.4, -0.2) is 42.4 Å². The number of carbonyl (C=O) groups is 1. The van der Waals surface area contributed by atoms with Gasteiger partial charge in [-0.15, -0.1) is 0 Å². The lowest BCUT2D eigenvalue weighted by molar-refractivity contribution is 0.0601. The van der Waals surface area contributed by atoms with Crippen molar-refractivity contribution in [1.82, 2.24) is 4.31 Å². The highest BCUT2D eigenvalue weighted by Crippen LogP contribution is 2.21. The molecule has 118 valence electrons. The van der Waals surface area contributed by atoms with E-state index in [1.165, 1.54) is 30.3 Å². The van der Waals surface area contributed by atoms with Gasteiger partial charge in [0.2, 0.25) is 15.9 Å². The van der Waals surface area contributed by atoms with Gasteiger partial charge in [0.15, 0.2) is 0 Å². The smallest absolute Gasteiger partial charge is 0.249 e. The first-order valence-electron chi connectivity index (χ1n) is 6.62. The predicted octanol–water partition coefficient (Wildman–Crippen LogP) is 0.875. The van der Waals surface area contributed by atoms with Crippen molar-refractivity contribution >= 4 is 15.9 Å². The fraction of sp³-hybridized carbons (Fsp3) is 0.500. The topological polar surface area (TPSA) is 101 Å². The minimum atomic E-state index is -3.79. The van der Waals surface area contributed by atoms with Crippen molar-refractivity contribution in [2.24, 2.45) is 5.73 Å². The summed E-state index contributed by atoms with van der Waals surface area (Å²) in [5, 5.41) is 9.84. The molecule has 1 amide bonds. The van der Waals surface area contributed by atoms with Crippen molar-refractivity contribution in [3.63, 3.8) is 0 Å². The lowest BCUT2D eigenvalue weighted by atomic mass is 10.1. The second-order valence-corrected chi connectivity index (χ2v) is 7.52. The van der Waals surface area contributed by atoms with Gasteiger partial charge < -0.3 is 10.8 Å². The zero-order valence-corrected chi connectivity index (χ0v) is 13.6. The molecule has 0 aliphatic heterocycles. The minimum absolute atomic E-state index is 0.00648. The summed E-state index contributed by atoms with van der Waals surface area (Å²) >= 11 is 0. The van der Waals surface area contributed by atoms with E-state index in [4.69, 9.17) is 5.73 Å². The van der Waals surface area contributed by atoms with Gasteiger partial charge in [0, 0.05) is 18.7 Å². The lowest BCUT2D eigenvalue weighted by Gasteiger charge is -2.27. The summed E-state index contributed by atoms with van der Waals surface area (Å²) in [7, 11) is -3.79. The summed E-state index contributed by atoms with van der Waals surface area (Å²) in [6, 6.07) is 4.26. The molecule has 0 bridgehead atoms. The summed E-state index contributed by atoms with van der Waals surface area (Å²) in [6.45, 7) is 6.62. The van der Waals surface area contributed by atoms with Crippen LogP contribution in [0.5, 0.6) is 0 Å². The first kappa shape index (κ1) is 17.6. The molecule has 7 heteroatoms. The Morgan fingerprint density at radius 3 is 2.38 bits per heavy atom. The van der Waals surface area contributed by atoms with E-state index in [-0.39, 0.29) is 23.5 Å². The quantitative estimate of drug-likeness (QED) is 0.813. The third-order valence-electron chi connectivity index (χ3n) is 3.03. The van der Waals surface area contributed by atoms with Gasteiger partial charge in [0.05, 0.1) is 10.5 Å². The normalized spacial score (nSPS) is 12.7. The first-order chi connectivity index (χ1) is 9.49. The Balaban J connectivity index is 3.29. The summed E-state index contributed by atoms with van der Waals surface area (Å²) in [5.74, 6) is -0.671. The van der Waals surface area contributed by atoms with Crippen LogP contribution in [0, 0.1) is 6.92 Å². The molecule has 6 nitrogen and oxygen atoms in total.